The highest BCUT2D eigenvalue weighted by molar-refractivity contribution is 5.96. The first-order valence-electron chi connectivity index (χ1n) is 11.8. The summed E-state index contributed by atoms with van der Waals surface area (Å²) in [6.07, 6.45) is 6.64. The van der Waals surface area contributed by atoms with Crippen molar-refractivity contribution in [2.45, 2.75) is 50.9 Å². The van der Waals surface area contributed by atoms with Crippen LogP contribution in [0.4, 0.5) is 11.4 Å². The van der Waals surface area contributed by atoms with Gasteiger partial charge in [-0.05, 0) is 81.8 Å². The molecular weight excluding hydrogens is 402 g/mol. The Bertz CT molecular complexity index is 962. The summed E-state index contributed by atoms with van der Waals surface area (Å²) in [5.41, 5.74) is 3.26. The number of Topliss-reactive ketones (excluding diaryl/α,β-unsaturated/α-hetero) is 1. The van der Waals surface area contributed by atoms with Crippen molar-refractivity contribution in [1.29, 1.82) is 0 Å². The van der Waals surface area contributed by atoms with Gasteiger partial charge in [0.15, 0.2) is 5.78 Å². The van der Waals surface area contributed by atoms with Crippen LogP contribution in [0, 0.1) is 10.8 Å². The maximum Gasteiger partial charge on any atom is 0.254 e. The van der Waals surface area contributed by atoms with Crippen molar-refractivity contribution in [1.82, 2.24) is 4.90 Å². The number of likely N-dealkylation sites (tertiary alicyclic amines) is 1. The minimum Gasteiger partial charge on any atom is -0.326 e. The van der Waals surface area contributed by atoms with Crippen molar-refractivity contribution >= 4 is 23.1 Å². The number of rotatable bonds is 10. The SMILES string of the molecule is O=[NH+]c1cccc(C(=O)CCCCN2CCC(c3cccc(NC(=O)C4CC4)c3)CC2)c1. The zero-order valence-corrected chi connectivity index (χ0v) is 18.5. The average Bonchev–Trinajstić information content (AvgIpc) is 3.68. The van der Waals surface area contributed by atoms with Crippen molar-refractivity contribution in [2.75, 3.05) is 25.0 Å². The summed E-state index contributed by atoms with van der Waals surface area (Å²) in [6.45, 7) is 3.14. The van der Waals surface area contributed by atoms with Crippen molar-refractivity contribution in [3.05, 3.63) is 64.6 Å². The van der Waals surface area contributed by atoms with Gasteiger partial charge in [0.05, 0.1) is 0 Å². The van der Waals surface area contributed by atoms with E-state index in [9.17, 15) is 14.5 Å². The number of anilines is 1. The Morgan fingerprint density at radius 3 is 2.50 bits per heavy atom. The highest BCUT2D eigenvalue weighted by atomic mass is 16.3. The topological polar surface area (TPSA) is 80.5 Å². The zero-order valence-electron chi connectivity index (χ0n) is 18.5. The molecular formula is C26H32N3O3+. The molecule has 0 radical (unpaired) electrons. The van der Waals surface area contributed by atoms with E-state index in [2.05, 4.69) is 22.3 Å². The number of amides is 1. The van der Waals surface area contributed by atoms with Crippen LogP contribution in [0.25, 0.3) is 0 Å². The highest BCUT2D eigenvalue weighted by Gasteiger charge is 2.29. The van der Waals surface area contributed by atoms with E-state index in [1.165, 1.54) is 5.56 Å². The van der Waals surface area contributed by atoms with E-state index in [1.54, 1.807) is 24.3 Å². The Hall–Kier alpha value is -2.86. The second-order valence-corrected chi connectivity index (χ2v) is 9.07. The first-order valence-corrected chi connectivity index (χ1v) is 11.8. The molecule has 2 aromatic rings. The molecule has 2 N–H and O–H groups in total. The van der Waals surface area contributed by atoms with Gasteiger partial charge in [-0.15, -0.1) is 0 Å². The lowest BCUT2D eigenvalue weighted by atomic mass is 9.89. The molecule has 0 spiro atoms. The molecule has 4 rings (SSSR count). The number of piperidine rings is 1. The molecule has 1 saturated heterocycles. The van der Waals surface area contributed by atoms with Gasteiger partial charge in [-0.3, -0.25) is 9.59 Å². The van der Waals surface area contributed by atoms with Gasteiger partial charge in [-0.1, -0.05) is 24.3 Å². The standard InChI is InChI=1S/C26H31N3O3/c30-25(22-6-4-8-24(18-22)28-32)9-1-2-14-29-15-12-19(13-16-29)21-5-3-7-23(17-21)27-26(31)20-10-11-20/h3-8,17-20H,1-2,9-16H2,(H,27,31)/p+1. The average molecular weight is 435 g/mol. The predicted molar refractivity (Wildman–Crippen MR) is 125 cm³/mol. The number of carbonyl (C=O) groups is 2. The molecule has 2 fully saturated rings. The van der Waals surface area contributed by atoms with Crippen LogP contribution in [0.15, 0.2) is 48.5 Å². The van der Waals surface area contributed by atoms with Crippen LogP contribution in [0.5, 0.6) is 0 Å². The van der Waals surface area contributed by atoms with Crippen LogP contribution < -0.4 is 10.5 Å². The summed E-state index contributed by atoms with van der Waals surface area (Å²) < 4.78 is 0. The zero-order chi connectivity index (χ0) is 22.3. The van der Waals surface area contributed by atoms with Gasteiger partial charge in [0.25, 0.3) is 5.69 Å². The Morgan fingerprint density at radius 2 is 1.75 bits per heavy atom. The van der Waals surface area contributed by atoms with Crippen LogP contribution >= 0.6 is 0 Å². The van der Waals surface area contributed by atoms with Crippen molar-refractivity contribution < 1.29 is 14.8 Å². The van der Waals surface area contributed by atoms with E-state index >= 15 is 0 Å². The van der Waals surface area contributed by atoms with E-state index in [4.69, 9.17) is 0 Å². The molecule has 1 saturated carbocycles. The van der Waals surface area contributed by atoms with Gasteiger partial charge in [0, 0.05) is 45.8 Å². The first kappa shape index (κ1) is 22.3. The second kappa shape index (κ2) is 10.6. The smallest absolute Gasteiger partial charge is 0.254 e. The number of hydrogen-bond acceptors (Lipinski definition) is 4. The molecule has 32 heavy (non-hydrogen) atoms. The Kier molecular flexibility index (Phi) is 7.43. The quantitative estimate of drug-likeness (QED) is 0.441. The molecule has 2 aromatic carbocycles. The molecule has 1 heterocycles. The van der Waals surface area contributed by atoms with Crippen LogP contribution in [-0.4, -0.2) is 36.2 Å². The maximum atomic E-state index is 12.3. The molecule has 1 aliphatic heterocycles. The lowest BCUT2D eigenvalue weighted by molar-refractivity contribution is -0.379. The summed E-state index contributed by atoms with van der Waals surface area (Å²) >= 11 is 0. The third-order valence-corrected chi connectivity index (χ3v) is 6.59. The molecule has 0 bridgehead atoms. The third kappa shape index (κ3) is 6.10. The first-order chi connectivity index (χ1) is 15.6. The van der Waals surface area contributed by atoms with Gasteiger partial charge < -0.3 is 10.2 Å². The third-order valence-electron chi connectivity index (χ3n) is 6.59. The Labute approximate surface area is 189 Å². The largest absolute Gasteiger partial charge is 0.326 e. The van der Waals surface area contributed by atoms with Crippen LogP contribution in [0.1, 0.15) is 66.8 Å². The molecule has 168 valence electrons. The number of hydrogen-bond donors (Lipinski definition) is 2. The summed E-state index contributed by atoms with van der Waals surface area (Å²) in [5.74, 6) is 1.00. The fourth-order valence-corrected chi connectivity index (χ4v) is 4.47. The van der Waals surface area contributed by atoms with Gasteiger partial charge in [-0.25, -0.2) is 0 Å². The molecule has 1 amide bonds. The number of nitrogens with one attached hydrogen (secondary N) is 2. The molecule has 6 heteroatoms. The Balaban J connectivity index is 1.17. The molecule has 0 aromatic heterocycles. The Morgan fingerprint density at radius 1 is 0.969 bits per heavy atom. The maximum absolute atomic E-state index is 12.3. The van der Waals surface area contributed by atoms with Gasteiger partial charge >= 0.3 is 0 Å². The number of unbranched alkanes of at least 4 members (excludes halogenated alkanes) is 1. The highest BCUT2D eigenvalue weighted by Crippen LogP contribution is 2.32. The molecule has 2 aliphatic rings. The van der Waals surface area contributed by atoms with E-state index < -0.39 is 0 Å². The fraction of sp³-hybridized carbons (Fsp3) is 0.462. The van der Waals surface area contributed by atoms with Crippen molar-refractivity contribution in [2.24, 2.45) is 5.92 Å². The van der Waals surface area contributed by atoms with Gasteiger partial charge in [0.2, 0.25) is 5.91 Å². The molecule has 1 aliphatic carbocycles. The van der Waals surface area contributed by atoms with Crippen LogP contribution in [0.3, 0.4) is 0 Å². The minimum absolute atomic E-state index is 0.0921. The minimum atomic E-state index is 0.0921. The molecule has 0 unspecified atom stereocenters. The summed E-state index contributed by atoms with van der Waals surface area (Å²) in [4.78, 5) is 37.6. The normalized spacial score (nSPS) is 17.1. The van der Waals surface area contributed by atoms with Crippen LogP contribution in [0.2, 0.25) is 0 Å². The number of nitrogens with zero attached hydrogens (tertiary/aromatic N) is 1. The van der Waals surface area contributed by atoms with Crippen LogP contribution in [-0.2, 0) is 4.79 Å². The number of ketones is 1. The van der Waals surface area contributed by atoms with Gasteiger partial charge in [0.1, 0.15) is 0 Å². The molecule has 0 atom stereocenters. The summed E-state index contributed by atoms with van der Waals surface area (Å²) in [6, 6.07) is 15.1. The number of nitroso groups, excluding NO2 is 1. The molecule has 6 nitrogen and oxygen atoms in total. The van der Waals surface area contributed by atoms with Crippen molar-refractivity contribution in [3.8, 4) is 0 Å². The summed E-state index contributed by atoms with van der Waals surface area (Å²) in [7, 11) is 0. The monoisotopic (exact) mass is 434 g/mol. The van der Waals surface area contributed by atoms with E-state index in [1.807, 2.05) is 17.3 Å². The van der Waals surface area contributed by atoms with Gasteiger partial charge in [-0.2, -0.15) is 0 Å². The summed E-state index contributed by atoms with van der Waals surface area (Å²) in [5, 5.41) is 4.90. The van der Waals surface area contributed by atoms with E-state index in [0.717, 1.165) is 63.8 Å². The lowest BCUT2D eigenvalue weighted by Crippen LogP contribution is -2.55. The number of carbonyl (C=O) groups excluding carboxylic acids is 2. The fourth-order valence-electron chi connectivity index (χ4n) is 4.47. The second-order valence-electron chi connectivity index (χ2n) is 9.07. The van der Waals surface area contributed by atoms with E-state index in [0.29, 0.717) is 23.6 Å². The van der Waals surface area contributed by atoms with E-state index in [-0.39, 0.29) is 17.6 Å². The number of benzene rings is 2. The lowest BCUT2D eigenvalue weighted by Gasteiger charge is -2.32. The van der Waals surface area contributed by atoms with Crippen molar-refractivity contribution in [3.63, 3.8) is 0 Å². The predicted octanol–water partition coefficient (Wildman–Crippen LogP) is 3.75.